The monoisotopic (exact) mass is 304 g/mol. The molecular weight excluding hydrogens is 288 g/mol. The highest BCUT2D eigenvalue weighted by atomic mass is 32.1. The van der Waals surface area contributed by atoms with Gasteiger partial charge in [-0.2, -0.15) is 11.3 Å². The average molecular weight is 304 g/mol. The first-order valence-electron chi connectivity index (χ1n) is 6.45. The van der Waals surface area contributed by atoms with Gasteiger partial charge in [-0.05, 0) is 47.0 Å². The molecule has 2 rings (SSSR count). The quantitative estimate of drug-likeness (QED) is 0.793. The summed E-state index contributed by atoms with van der Waals surface area (Å²) in [6.45, 7) is 1.91. The Balaban J connectivity index is 1.94. The molecule has 0 saturated heterocycles. The van der Waals surface area contributed by atoms with Gasteiger partial charge in [-0.3, -0.25) is 4.79 Å². The van der Waals surface area contributed by atoms with Crippen molar-refractivity contribution in [3.8, 4) is 0 Å². The lowest BCUT2D eigenvalue weighted by Gasteiger charge is -2.14. The molecule has 2 amide bonds. The number of benzene rings is 1. The molecule has 0 radical (unpaired) electrons. The maximum Gasteiger partial charge on any atom is 0.319 e. The summed E-state index contributed by atoms with van der Waals surface area (Å²) in [7, 11) is 0. The molecule has 0 aliphatic carbocycles. The number of rotatable bonds is 5. The number of hydrogen-bond acceptors (Lipinski definition) is 3. The van der Waals surface area contributed by atoms with E-state index >= 15 is 0 Å². The van der Waals surface area contributed by atoms with Gasteiger partial charge in [0.2, 0.25) is 0 Å². The van der Waals surface area contributed by atoms with Gasteiger partial charge in [-0.25, -0.2) is 4.79 Å². The van der Waals surface area contributed by atoms with Crippen molar-refractivity contribution in [2.45, 2.75) is 19.4 Å². The second-order valence-corrected chi connectivity index (χ2v) is 5.43. The molecule has 0 spiro atoms. The van der Waals surface area contributed by atoms with Crippen LogP contribution in [0, 0.1) is 0 Å². The van der Waals surface area contributed by atoms with Crippen LogP contribution in [0.4, 0.5) is 10.5 Å². The van der Waals surface area contributed by atoms with Crippen molar-refractivity contribution in [3.05, 3.63) is 52.2 Å². The van der Waals surface area contributed by atoms with Gasteiger partial charge in [0.05, 0.1) is 12.5 Å². The van der Waals surface area contributed by atoms with E-state index in [1.165, 1.54) is 0 Å². The molecule has 21 heavy (non-hydrogen) atoms. The van der Waals surface area contributed by atoms with Gasteiger partial charge in [0.1, 0.15) is 0 Å². The van der Waals surface area contributed by atoms with Gasteiger partial charge in [-0.15, -0.1) is 0 Å². The molecule has 1 aromatic carbocycles. The van der Waals surface area contributed by atoms with Crippen LogP contribution >= 0.6 is 11.3 Å². The summed E-state index contributed by atoms with van der Waals surface area (Å²) in [4.78, 5) is 22.6. The van der Waals surface area contributed by atoms with Crippen molar-refractivity contribution < 1.29 is 14.7 Å². The number of carboxylic acids is 1. The molecule has 1 atom stereocenters. The minimum Gasteiger partial charge on any atom is -0.481 e. The predicted octanol–water partition coefficient (Wildman–Crippen LogP) is 3.26. The normalized spacial score (nSPS) is 11.7. The minimum absolute atomic E-state index is 0.0670. The Morgan fingerprint density at radius 1 is 1.33 bits per heavy atom. The fourth-order valence-corrected chi connectivity index (χ4v) is 2.66. The molecule has 0 fully saturated rings. The van der Waals surface area contributed by atoms with Crippen LogP contribution in [0.2, 0.25) is 0 Å². The minimum atomic E-state index is -0.900. The van der Waals surface area contributed by atoms with Crippen molar-refractivity contribution in [2.75, 3.05) is 5.32 Å². The highest BCUT2D eigenvalue weighted by Crippen LogP contribution is 2.16. The first-order valence-corrected chi connectivity index (χ1v) is 7.39. The fraction of sp³-hybridized carbons (Fsp3) is 0.200. The number of carbonyl (C=O) groups excluding carboxylic acids is 1. The zero-order chi connectivity index (χ0) is 15.2. The molecule has 0 aliphatic rings. The third-order valence-electron chi connectivity index (χ3n) is 2.93. The summed E-state index contributed by atoms with van der Waals surface area (Å²) in [5.74, 6) is -0.900. The van der Waals surface area contributed by atoms with E-state index in [1.54, 1.807) is 35.6 Å². The molecule has 2 aromatic rings. The Labute approximate surface area is 126 Å². The molecule has 5 nitrogen and oxygen atoms in total. The van der Waals surface area contributed by atoms with E-state index < -0.39 is 5.97 Å². The summed E-state index contributed by atoms with van der Waals surface area (Å²) < 4.78 is 0. The Bertz CT molecular complexity index is 626. The van der Waals surface area contributed by atoms with E-state index in [9.17, 15) is 9.59 Å². The lowest BCUT2D eigenvalue weighted by Crippen LogP contribution is -2.30. The van der Waals surface area contributed by atoms with Crippen molar-refractivity contribution in [3.63, 3.8) is 0 Å². The van der Waals surface area contributed by atoms with E-state index in [0.717, 1.165) is 5.56 Å². The number of nitrogens with one attached hydrogen (secondary N) is 2. The van der Waals surface area contributed by atoms with E-state index in [-0.39, 0.29) is 18.5 Å². The molecule has 1 heterocycles. The summed E-state index contributed by atoms with van der Waals surface area (Å²) in [5.41, 5.74) is 2.27. The first kappa shape index (κ1) is 15.1. The van der Waals surface area contributed by atoms with Crippen LogP contribution in [-0.2, 0) is 11.2 Å². The number of urea groups is 1. The van der Waals surface area contributed by atoms with Gasteiger partial charge in [0.15, 0.2) is 0 Å². The highest BCUT2D eigenvalue weighted by molar-refractivity contribution is 7.07. The summed E-state index contributed by atoms with van der Waals surface area (Å²) in [5, 5.41) is 18.2. The number of hydrogen-bond donors (Lipinski definition) is 3. The highest BCUT2D eigenvalue weighted by Gasteiger charge is 2.10. The SMILES string of the molecule is CC(NC(=O)Nc1cccc(CC(=O)O)c1)c1ccsc1. The largest absolute Gasteiger partial charge is 0.481 e. The van der Waals surface area contributed by atoms with Crippen LogP contribution in [0.3, 0.4) is 0 Å². The van der Waals surface area contributed by atoms with Gasteiger partial charge < -0.3 is 15.7 Å². The smallest absolute Gasteiger partial charge is 0.319 e. The fourth-order valence-electron chi connectivity index (χ4n) is 1.90. The molecular formula is C15H16N2O3S. The number of carbonyl (C=O) groups is 2. The molecule has 0 bridgehead atoms. The first-order chi connectivity index (χ1) is 10.0. The molecule has 0 saturated carbocycles. The lowest BCUT2D eigenvalue weighted by molar-refractivity contribution is -0.136. The molecule has 110 valence electrons. The number of thiophene rings is 1. The van der Waals surface area contributed by atoms with E-state index in [1.807, 2.05) is 23.8 Å². The molecule has 1 unspecified atom stereocenters. The third kappa shape index (κ3) is 4.61. The Kier molecular flexibility index (Phi) is 4.94. The third-order valence-corrected chi connectivity index (χ3v) is 3.63. The van der Waals surface area contributed by atoms with E-state index in [4.69, 9.17) is 5.11 Å². The average Bonchev–Trinajstić information content (AvgIpc) is 2.91. The lowest BCUT2D eigenvalue weighted by atomic mass is 10.1. The number of aliphatic carboxylic acids is 1. The molecule has 3 N–H and O–H groups in total. The second-order valence-electron chi connectivity index (χ2n) is 4.65. The van der Waals surface area contributed by atoms with Crippen LogP contribution in [0.25, 0.3) is 0 Å². The maximum atomic E-state index is 11.9. The van der Waals surface area contributed by atoms with Gasteiger partial charge >= 0.3 is 12.0 Å². The van der Waals surface area contributed by atoms with Crippen LogP contribution < -0.4 is 10.6 Å². The Morgan fingerprint density at radius 2 is 2.14 bits per heavy atom. The van der Waals surface area contributed by atoms with Crippen molar-refractivity contribution >= 4 is 29.0 Å². The number of carboxylic acid groups (broad SMARTS) is 1. The maximum absolute atomic E-state index is 11.9. The van der Waals surface area contributed by atoms with Crippen molar-refractivity contribution in [2.24, 2.45) is 0 Å². The zero-order valence-corrected chi connectivity index (χ0v) is 12.3. The predicted molar refractivity (Wildman–Crippen MR) is 82.7 cm³/mol. The van der Waals surface area contributed by atoms with Gasteiger partial charge in [0.25, 0.3) is 0 Å². The van der Waals surface area contributed by atoms with Gasteiger partial charge in [-0.1, -0.05) is 12.1 Å². The summed E-state index contributed by atoms with van der Waals surface area (Å²) in [6, 6.07) is 8.37. The van der Waals surface area contributed by atoms with E-state index in [0.29, 0.717) is 11.3 Å². The summed E-state index contributed by atoms with van der Waals surface area (Å²) in [6.07, 6.45) is -0.0670. The van der Waals surface area contributed by atoms with Gasteiger partial charge in [0, 0.05) is 5.69 Å². The zero-order valence-electron chi connectivity index (χ0n) is 11.5. The Morgan fingerprint density at radius 3 is 2.81 bits per heavy atom. The van der Waals surface area contributed by atoms with Crippen molar-refractivity contribution in [1.29, 1.82) is 0 Å². The van der Waals surface area contributed by atoms with E-state index in [2.05, 4.69) is 10.6 Å². The number of anilines is 1. The topological polar surface area (TPSA) is 78.4 Å². The summed E-state index contributed by atoms with van der Waals surface area (Å²) >= 11 is 1.58. The second kappa shape index (κ2) is 6.90. The molecule has 1 aromatic heterocycles. The van der Waals surface area contributed by atoms with Crippen LogP contribution in [0.15, 0.2) is 41.1 Å². The molecule has 0 aliphatic heterocycles. The van der Waals surface area contributed by atoms with Crippen LogP contribution in [-0.4, -0.2) is 17.1 Å². The van der Waals surface area contributed by atoms with Crippen LogP contribution in [0.5, 0.6) is 0 Å². The van der Waals surface area contributed by atoms with Crippen LogP contribution in [0.1, 0.15) is 24.1 Å². The number of amides is 2. The standard InChI is InChI=1S/C15H16N2O3S/c1-10(12-5-6-21-9-12)16-15(20)17-13-4-2-3-11(7-13)8-14(18)19/h2-7,9-10H,8H2,1H3,(H,18,19)(H2,16,17,20). The van der Waals surface area contributed by atoms with Crippen molar-refractivity contribution in [1.82, 2.24) is 5.32 Å². The molecule has 6 heteroatoms. The Hall–Kier alpha value is -2.34.